The van der Waals surface area contributed by atoms with Crippen molar-refractivity contribution in [1.29, 1.82) is 0 Å². The lowest BCUT2D eigenvalue weighted by Gasteiger charge is -2.28. The van der Waals surface area contributed by atoms with Gasteiger partial charge in [-0.05, 0) is 6.92 Å². The van der Waals surface area contributed by atoms with Crippen molar-refractivity contribution in [3.05, 3.63) is 24.3 Å². The number of nitrogens with one attached hydrogen (secondary N) is 1. The zero-order chi connectivity index (χ0) is 9.03. The molecule has 12 heavy (non-hydrogen) atoms. The second-order valence-electron chi connectivity index (χ2n) is 2.93. The quantitative estimate of drug-likeness (QED) is 0.395. The SMILES string of the molecule is CN=CNC1C=CC=CC1(C)Cl. The molecule has 0 aromatic carbocycles. The topological polar surface area (TPSA) is 24.4 Å². The van der Waals surface area contributed by atoms with E-state index in [-0.39, 0.29) is 10.9 Å². The van der Waals surface area contributed by atoms with Gasteiger partial charge in [0.25, 0.3) is 0 Å². The predicted molar refractivity (Wildman–Crippen MR) is 53.9 cm³/mol. The number of hydrogen-bond donors (Lipinski definition) is 1. The van der Waals surface area contributed by atoms with Gasteiger partial charge in [0.1, 0.15) is 0 Å². The Morgan fingerprint density at radius 3 is 2.92 bits per heavy atom. The molecular formula is C9H13ClN2. The summed E-state index contributed by atoms with van der Waals surface area (Å²) < 4.78 is 0. The van der Waals surface area contributed by atoms with E-state index < -0.39 is 0 Å². The third-order valence-electron chi connectivity index (χ3n) is 1.83. The first-order valence-corrected chi connectivity index (χ1v) is 4.26. The van der Waals surface area contributed by atoms with E-state index in [1.165, 1.54) is 0 Å². The van der Waals surface area contributed by atoms with Crippen LogP contribution < -0.4 is 5.32 Å². The van der Waals surface area contributed by atoms with Crippen LogP contribution in [0.15, 0.2) is 29.3 Å². The van der Waals surface area contributed by atoms with Gasteiger partial charge in [0.2, 0.25) is 0 Å². The largest absolute Gasteiger partial charge is 0.368 e. The van der Waals surface area contributed by atoms with Crippen molar-refractivity contribution < 1.29 is 0 Å². The lowest BCUT2D eigenvalue weighted by atomic mass is 9.96. The van der Waals surface area contributed by atoms with E-state index in [0.717, 1.165) is 0 Å². The van der Waals surface area contributed by atoms with E-state index in [2.05, 4.69) is 10.3 Å². The van der Waals surface area contributed by atoms with Gasteiger partial charge in [-0.25, -0.2) is 0 Å². The number of hydrogen-bond acceptors (Lipinski definition) is 1. The van der Waals surface area contributed by atoms with Crippen LogP contribution in [0, 0.1) is 0 Å². The number of nitrogens with zero attached hydrogens (tertiary/aromatic N) is 1. The normalized spacial score (nSPS) is 34.4. The first-order chi connectivity index (χ1) is 5.67. The maximum absolute atomic E-state index is 6.21. The van der Waals surface area contributed by atoms with Crippen LogP contribution in [0.2, 0.25) is 0 Å². The Hall–Kier alpha value is -0.760. The Morgan fingerprint density at radius 1 is 1.58 bits per heavy atom. The monoisotopic (exact) mass is 184 g/mol. The fourth-order valence-electron chi connectivity index (χ4n) is 1.08. The maximum Gasteiger partial charge on any atom is 0.0837 e. The molecule has 1 rings (SSSR count). The summed E-state index contributed by atoms with van der Waals surface area (Å²) in [4.78, 5) is 3.49. The molecule has 66 valence electrons. The Bertz CT molecular complexity index is 229. The summed E-state index contributed by atoms with van der Waals surface area (Å²) in [6.07, 6.45) is 9.58. The summed E-state index contributed by atoms with van der Waals surface area (Å²) in [5.74, 6) is 0. The molecule has 0 amide bonds. The minimum absolute atomic E-state index is 0.118. The van der Waals surface area contributed by atoms with Gasteiger partial charge in [-0.3, -0.25) is 4.99 Å². The van der Waals surface area contributed by atoms with Gasteiger partial charge in [0.05, 0.1) is 17.3 Å². The van der Waals surface area contributed by atoms with Crippen LogP contribution in [-0.2, 0) is 0 Å². The molecule has 0 fully saturated rings. The highest BCUT2D eigenvalue weighted by Gasteiger charge is 2.27. The second kappa shape index (κ2) is 3.76. The number of halogens is 1. The smallest absolute Gasteiger partial charge is 0.0837 e. The molecule has 0 aliphatic heterocycles. The van der Waals surface area contributed by atoms with Gasteiger partial charge in [-0.1, -0.05) is 24.3 Å². The molecule has 3 heteroatoms. The van der Waals surface area contributed by atoms with Crippen LogP contribution in [0.1, 0.15) is 6.92 Å². The average molecular weight is 185 g/mol. The van der Waals surface area contributed by atoms with Gasteiger partial charge >= 0.3 is 0 Å². The molecule has 0 radical (unpaired) electrons. The third kappa shape index (κ3) is 2.11. The maximum atomic E-state index is 6.21. The fraction of sp³-hybridized carbons (Fsp3) is 0.444. The fourth-order valence-corrected chi connectivity index (χ4v) is 1.29. The van der Waals surface area contributed by atoms with Crippen molar-refractivity contribution in [2.75, 3.05) is 7.05 Å². The molecule has 0 saturated carbocycles. The second-order valence-corrected chi connectivity index (χ2v) is 3.74. The summed E-state index contributed by atoms with van der Waals surface area (Å²) in [6.45, 7) is 1.97. The van der Waals surface area contributed by atoms with Gasteiger partial charge in [0.15, 0.2) is 0 Å². The number of aliphatic imine (C=N–C) groups is 1. The van der Waals surface area contributed by atoms with E-state index in [0.29, 0.717) is 0 Å². The standard InChI is InChI=1S/C9H13ClN2/c1-9(10)6-4-3-5-8(9)12-7-11-2/h3-8H,1-2H3,(H,11,12). The minimum atomic E-state index is -0.351. The Labute approximate surface area is 78.0 Å². The van der Waals surface area contributed by atoms with Crippen molar-refractivity contribution in [3.63, 3.8) is 0 Å². The molecule has 0 aromatic rings. The summed E-state index contributed by atoms with van der Waals surface area (Å²) in [5.41, 5.74) is 0. The van der Waals surface area contributed by atoms with Crippen LogP contribution in [0.4, 0.5) is 0 Å². The molecule has 2 atom stereocenters. The van der Waals surface area contributed by atoms with Gasteiger partial charge in [-0.2, -0.15) is 0 Å². The highest BCUT2D eigenvalue weighted by Crippen LogP contribution is 2.24. The van der Waals surface area contributed by atoms with Crippen LogP contribution in [0.25, 0.3) is 0 Å². The van der Waals surface area contributed by atoms with Gasteiger partial charge < -0.3 is 5.32 Å². The Morgan fingerprint density at radius 2 is 2.33 bits per heavy atom. The molecule has 0 aromatic heterocycles. The molecule has 0 spiro atoms. The predicted octanol–water partition coefficient (Wildman–Crippen LogP) is 1.73. The summed E-state index contributed by atoms with van der Waals surface area (Å²) in [6, 6.07) is 0.118. The van der Waals surface area contributed by atoms with Crippen LogP contribution in [0.5, 0.6) is 0 Å². The number of rotatable bonds is 2. The van der Waals surface area contributed by atoms with Crippen molar-refractivity contribution in [2.45, 2.75) is 17.8 Å². The van der Waals surface area contributed by atoms with E-state index in [9.17, 15) is 0 Å². The average Bonchev–Trinajstić information content (AvgIpc) is 2.02. The molecule has 1 N–H and O–H groups in total. The van der Waals surface area contributed by atoms with Crippen molar-refractivity contribution in [3.8, 4) is 0 Å². The molecule has 0 heterocycles. The third-order valence-corrected chi connectivity index (χ3v) is 2.19. The van der Waals surface area contributed by atoms with Crippen molar-refractivity contribution in [1.82, 2.24) is 5.32 Å². The molecule has 2 nitrogen and oxygen atoms in total. The van der Waals surface area contributed by atoms with E-state index in [1.54, 1.807) is 13.4 Å². The van der Waals surface area contributed by atoms with Crippen LogP contribution >= 0.6 is 11.6 Å². The van der Waals surface area contributed by atoms with Crippen LogP contribution in [-0.4, -0.2) is 24.3 Å². The molecule has 2 unspecified atom stereocenters. The van der Waals surface area contributed by atoms with Gasteiger partial charge in [-0.15, -0.1) is 11.6 Å². The number of alkyl halides is 1. The van der Waals surface area contributed by atoms with E-state index in [4.69, 9.17) is 11.6 Å². The molecular weight excluding hydrogens is 172 g/mol. The lowest BCUT2D eigenvalue weighted by molar-refractivity contribution is 0.613. The van der Waals surface area contributed by atoms with E-state index in [1.807, 2.05) is 31.2 Å². The first-order valence-electron chi connectivity index (χ1n) is 3.88. The van der Waals surface area contributed by atoms with Crippen molar-refractivity contribution in [2.24, 2.45) is 4.99 Å². The lowest BCUT2D eigenvalue weighted by Crippen LogP contribution is -2.42. The molecule has 0 bridgehead atoms. The molecule has 1 aliphatic carbocycles. The summed E-state index contributed by atoms with van der Waals surface area (Å²) >= 11 is 6.21. The summed E-state index contributed by atoms with van der Waals surface area (Å²) in [5, 5.41) is 3.10. The first kappa shape index (κ1) is 9.33. The van der Waals surface area contributed by atoms with Gasteiger partial charge in [0, 0.05) is 7.05 Å². The molecule has 1 aliphatic rings. The van der Waals surface area contributed by atoms with Crippen molar-refractivity contribution >= 4 is 17.9 Å². The number of allylic oxidation sites excluding steroid dienone is 2. The Kier molecular flexibility index (Phi) is 2.93. The Balaban J connectivity index is 2.63. The zero-order valence-electron chi connectivity index (χ0n) is 7.29. The zero-order valence-corrected chi connectivity index (χ0v) is 8.05. The highest BCUT2D eigenvalue weighted by molar-refractivity contribution is 6.26. The highest BCUT2D eigenvalue weighted by atomic mass is 35.5. The summed E-state index contributed by atoms with van der Waals surface area (Å²) in [7, 11) is 1.72. The van der Waals surface area contributed by atoms with E-state index >= 15 is 0 Å². The van der Waals surface area contributed by atoms with Crippen LogP contribution in [0.3, 0.4) is 0 Å². The molecule has 0 saturated heterocycles. The minimum Gasteiger partial charge on any atom is -0.368 e.